The van der Waals surface area contributed by atoms with E-state index in [0.717, 1.165) is 11.1 Å². The summed E-state index contributed by atoms with van der Waals surface area (Å²) >= 11 is 0. The molecule has 1 aromatic heterocycles. The van der Waals surface area contributed by atoms with Crippen LogP contribution in [0.5, 0.6) is 0 Å². The van der Waals surface area contributed by atoms with Gasteiger partial charge in [-0.2, -0.15) is 0 Å². The summed E-state index contributed by atoms with van der Waals surface area (Å²) in [6.07, 6.45) is 3.44. The van der Waals surface area contributed by atoms with Crippen LogP contribution in [0.25, 0.3) is 6.08 Å². The highest BCUT2D eigenvalue weighted by molar-refractivity contribution is 5.59. The zero-order chi connectivity index (χ0) is 7.56. The summed E-state index contributed by atoms with van der Waals surface area (Å²) in [6, 6.07) is 1.95. The molecule has 1 heterocycles. The molecule has 0 atom stereocenters. The van der Waals surface area contributed by atoms with Gasteiger partial charge in [0.1, 0.15) is 5.82 Å². The first kappa shape index (κ1) is 6.81. The number of nitrogen functional groups attached to an aromatic ring is 1. The highest BCUT2D eigenvalue weighted by atomic mass is 14.8. The number of hydrogen-bond donors (Lipinski definition) is 1. The molecule has 0 spiro atoms. The van der Waals surface area contributed by atoms with Crippen molar-refractivity contribution in [1.82, 2.24) is 4.98 Å². The van der Waals surface area contributed by atoms with Gasteiger partial charge in [-0.3, -0.25) is 0 Å². The third kappa shape index (κ3) is 1.16. The van der Waals surface area contributed by atoms with Gasteiger partial charge in [0, 0.05) is 11.8 Å². The maximum Gasteiger partial charge on any atom is 0.130 e. The summed E-state index contributed by atoms with van der Waals surface area (Å²) in [5, 5.41) is 0. The van der Waals surface area contributed by atoms with Crippen LogP contribution in [0, 0.1) is 6.92 Å². The Morgan fingerprint density at radius 1 is 1.70 bits per heavy atom. The third-order valence-corrected chi connectivity index (χ3v) is 1.31. The van der Waals surface area contributed by atoms with Gasteiger partial charge in [-0.1, -0.05) is 12.7 Å². The number of nitrogens with two attached hydrogens (primary N) is 1. The monoisotopic (exact) mass is 134 g/mol. The number of aromatic nitrogens is 1. The predicted octanol–water partition coefficient (Wildman–Crippen LogP) is 1.62. The van der Waals surface area contributed by atoms with Crippen LogP contribution in [-0.4, -0.2) is 4.98 Å². The molecule has 0 bridgehead atoms. The molecule has 0 radical (unpaired) electrons. The van der Waals surface area contributed by atoms with Crippen LogP contribution in [0.2, 0.25) is 0 Å². The minimum absolute atomic E-state index is 0.542. The van der Waals surface area contributed by atoms with Crippen molar-refractivity contribution in [3.05, 3.63) is 30.0 Å². The van der Waals surface area contributed by atoms with Gasteiger partial charge in [0.25, 0.3) is 0 Å². The second kappa shape index (κ2) is 2.52. The Balaban J connectivity index is 3.21. The second-order valence-electron chi connectivity index (χ2n) is 2.19. The number of pyridine rings is 1. The Bertz CT molecular complexity index is 253. The molecule has 0 aliphatic rings. The van der Waals surface area contributed by atoms with E-state index in [0.29, 0.717) is 5.82 Å². The van der Waals surface area contributed by atoms with E-state index >= 15 is 0 Å². The highest BCUT2D eigenvalue weighted by Crippen LogP contribution is 2.10. The van der Waals surface area contributed by atoms with Crippen molar-refractivity contribution < 1.29 is 0 Å². The van der Waals surface area contributed by atoms with Crippen molar-refractivity contribution in [3.8, 4) is 0 Å². The number of nitrogens with zero attached hydrogens (tertiary/aromatic N) is 1. The van der Waals surface area contributed by atoms with Crippen molar-refractivity contribution in [2.45, 2.75) is 6.92 Å². The van der Waals surface area contributed by atoms with Crippen molar-refractivity contribution in [2.24, 2.45) is 0 Å². The average molecular weight is 134 g/mol. The predicted molar refractivity (Wildman–Crippen MR) is 43.5 cm³/mol. The van der Waals surface area contributed by atoms with Crippen LogP contribution in [-0.2, 0) is 0 Å². The fourth-order valence-corrected chi connectivity index (χ4v) is 0.766. The van der Waals surface area contributed by atoms with Gasteiger partial charge in [-0.15, -0.1) is 0 Å². The zero-order valence-corrected chi connectivity index (χ0v) is 5.96. The summed E-state index contributed by atoms with van der Waals surface area (Å²) in [5.41, 5.74) is 7.52. The Kier molecular flexibility index (Phi) is 1.71. The quantitative estimate of drug-likeness (QED) is 0.633. The molecule has 0 saturated carbocycles. The van der Waals surface area contributed by atoms with Crippen LogP contribution in [0.3, 0.4) is 0 Å². The van der Waals surface area contributed by atoms with Gasteiger partial charge in [0.15, 0.2) is 0 Å². The molecule has 2 nitrogen and oxygen atoms in total. The zero-order valence-electron chi connectivity index (χ0n) is 5.96. The minimum atomic E-state index is 0.542. The van der Waals surface area contributed by atoms with Gasteiger partial charge >= 0.3 is 0 Å². The normalized spacial score (nSPS) is 9.30. The SMILES string of the molecule is C=Cc1cc(C)cnc1N. The van der Waals surface area contributed by atoms with Crippen LogP contribution >= 0.6 is 0 Å². The number of aryl methyl sites for hydroxylation is 1. The second-order valence-corrected chi connectivity index (χ2v) is 2.19. The van der Waals surface area contributed by atoms with E-state index in [-0.39, 0.29) is 0 Å². The van der Waals surface area contributed by atoms with E-state index in [1.54, 1.807) is 12.3 Å². The van der Waals surface area contributed by atoms with E-state index in [1.165, 1.54) is 0 Å². The molecule has 1 rings (SSSR count). The molecule has 52 valence electrons. The Hall–Kier alpha value is -1.31. The summed E-state index contributed by atoms with van der Waals surface area (Å²) in [5.74, 6) is 0.542. The molecular formula is C8H10N2. The molecule has 2 N–H and O–H groups in total. The van der Waals surface area contributed by atoms with E-state index in [1.807, 2.05) is 13.0 Å². The number of rotatable bonds is 1. The molecule has 0 aliphatic heterocycles. The maximum atomic E-state index is 5.52. The smallest absolute Gasteiger partial charge is 0.130 e. The minimum Gasteiger partial charge on any atom is -0.383 e. The first-order valence-electron chi connectivity index (χ1n) is 3.08. The molecular weight excluding hydrogens is 124 g/mol. The van der Waals surface area contributed by atoms with E-state index in [4.69, 9.17) is 5.73 Å². The number of hydrogen-bond acceptors (Lipinski definition) is 2. The average Bonchev–Trinajstić information content (AvgIpc) is 1.94. The summed E-state index contributed by atoms with van der Waals surface area (Å²) in [4.78, 5) is 3.96. The van der Waals surface area contributed by atoms with Crippen molar-refractivity contribution in [1.29, 1.82) is 0 Å². The molecule has 2 heteroatoms. The first-order chi connectivity index (χ1) is 4.74. The van der Waals surface area contributed by atoms with Crippen LogP contribution in [0.1, 0.15) is 11.1 Å². The molecule has 0 fully saturated rings. The lowest BCUT2D eigenvalue weighted by Crippen LogP contribution is -1.93. The maximum absolute atomic E-state index is 5.52. The third-order valence-electron chi connectivity index (χ3n) is 1.31. The summed E-state index contributed by atoms with van der Waals surface area (Å²) < 4.78 is 0. The van der Waals surface area contributed by atoms with Crippen molar-refractivity contribution >= 4 is 11.9 Å². The first-order valence-corrected chi connectivity index (χ1v) is 3.08. The van der Waals surface area contributed by atoms with Gasteiger partial charge in [-0.05, 0) is 18.6 Å². The topological polar surface area (TPSA) is 38.9 Å². The van der Waals surface area contributed by atoms with E-state index in [9.17, 15) is 0 Å². The summed E-state index contributed by atoms with van der Waals surface area (Å²) in [6.45, 7) is 5.58. The lowest BCUT2D eigenvalue weighted by atomic mass is 10.2. The fourth-order valence-electron chi connectivity index (χ4n) is 0.766. The molecule has 0 unspecified atom stereocenters. The Morgan fingerprint density at radius 3 is 2.90 bits per heavy atom. The van der Waals surface area contributed by atoms with Crippen molar-refractivity contribution in [3.63, 3.8) is 0 Å². The van der Waals surface area contributed by atoms with Crippen LogP contribution in [0.4, 0.5) is 5.82 Å². The molecule has 0 amide bonds. The van der Waals surface area contributed by atoms with Gasteiger partial charge in [-0.25, -0.2) is 4.98 Å². The molecule has 0 aliphatic carbocycles. The van der Waals surface area contributed by atoms with E-state index in [2.05, 4.69) is 11.6 Å². The van der Waals surface area contributed by atoms with Crippen LogP contribution in [0.15, 0.2) is 18.8 Å². The Morgan fingerprint density at radius 2 is 2.40 bits per heavy atom. The summed E-state index contributed by atoms with van der Waals surface area (Å²) in [7, 11) is 0. The standard InChI is InChI=1S/C8H10N2/c1-3-7-4-6(2)5-10-8(7)9/h3-5H,1H2,2H3,(H2,9,10). The Labute approximate surface area is 60.4 Å². The van der Waals surface area contributed by atoms with Gasteiger partial charge in [0.2, 0.25) is 0 Å². The lowest BCUT2D eigenvalue weighted by Gasteiger charge is -1.98. The van der Waals surface area contributed by atoms with E-state index < -0.39 is 0 Å². The molecule has 10 heavy (non-hydrogen) atoms. The van der Waals surface area contributed by atoms with Gasteiger partial charge in [0.05, 0.1) is 0 Å². The highest BCUT2D eigenvalue weighted by Gasteiger charge is 1.93. The van der Waals surface area contributed by atoms with Crippen LogP contribution < -0.4 is 5.73 Å². The fraction of sp³-hybridized carbons (Fsp3) is 0.125. The molecule has 1 aromatic rings. The van der Waals surface area contributed by atoms with Crippen molar-refractivity contribution in [2.75, 3.05) is 5.73 Å². The largest absolute Gasteiger partial charge is 0.383 e. The molecule has 0 aromatic carbocycles. The lowest BCUT2D eigenvalue weighted by molar-refractivity contribution is 1.27. The van der Waals surface area contributed by atoms with Gasteiger partial charge < -0.3 is 5.73 Å². The number of anilines is 1. The molecule has 0 saturated heterocycles.